The van der Waals surface area contributed by atoms with Crippen molar-refractivity contribution in [3.8, 4) is 0 Å². The van der Waals surface area contributed by atoms with Crippen LogP contribution in [0.1, 0.15) is 0 Å². The summed E-state index contributed by atoms with van der Waals surface area (Å²) in [4.78, 5) is 29.7. The lowest BCUT2D eigenvalue weighted by Crippen LogP contribution is -2.20. The van der Waals surface area contributed by atoms with Crippen LogP contribution >= 0.6 is 11.8 Å². The largest absolute Gasteiger partial charge is 0.323 e. The molecule has 3 aromatic rings. The van der Waals surface area contributed by atoms with Crippen LogP contribution in [-0.2, 0) is 14.6 Å². The van der Waals surface area contributed by atoms with E-state index in [1.807, 2.05) is 0 Å². The number of benzene rings is 2. The Labute approximate surface area is 168 Å². The predicted molar refractivity (Wildman–Crippen MR) is 102 cm³/mol. The number of carbonyl (C=O) groups is 1. The van der Waals surface area contributed by atoms with Gasteiger partial charge in [-0.2, -0.15) is 0 Å². The summed E-state index contributed by atoms with van der Waals surface area (Å²) in [5.41, 5.74) is -1.20. The van der Waals surface area contributed by atoms with E-state index in [1.165, 1.54) is 24.3 Å². The van der Waals surface area contributed by atoms with Gasteiger partial charge < -0.3 is 10.3 Å². The summed E-state index contributed by atoms with van der Waals surface area (Å²) in [5.74, 6) is -2.45. The highest BCUT2D eigenvalue weighted by atomic mass is 32.2. The number of nitrogens with one attached hydrogen (secondary N) is 2. The van der Waals surface area contributed by atoms with Crippen molar-refractivity contribution < 1.29 is 22.0 Å². The van der Waals surface area contributed by atoms with Crippen molar-refractivity contribution in [3.05, 3.63) is 76.7 Å². The van der Waals surface area contributed by atoms with Crippen molar-refractivity contribution in [2.75, 3.05) is 11.1 Å². The van der Waals surface area contributed by atoms with Gasteiger partial charge >= 0.3 is 0 Å². The summed E-state index contributed by atoms with van der Waals surface area (Å²) in [6.45, 7) is 0. The van der Waals surface area contributed by atoms with Gasteiger partial charge in [-0.3, -0.25) is 9.59 Å². The fraction of sp³-hybridized carbons (Fsp3) is 0.0556. The van der Waals surface area contributed by atoms with E-state index in [9.17, 15) is 26.8 Å². The number of hydrogen-bond acceptors (Lipinski definition) is 6. The molecule has 0 aliphatic rings. The highest BCUT2D eigenvalue weighted by Gasteiger charge is 2.22. The summed E-state index contributed by atoms with van der Waals surface area (Å²) in [7, 11) is -4.04. The quantitative estimate of drug-likeness (QED) is 0.453. The average molecular weight is 437 g/mol. The first kappa shape index (κ1) is 20.7. The number of amides is 1. The van der Waals surface area contributed by atoms with Crippen molar-refractivity contribution >= 4 is 33.2 Å². The lowest BCUT2D eigenvalue weighted by molar-refractivity contribution is -0.113. The minimum Gasteiger partial charge on any atom is -0.323 e. The normalized spacial score (nSPS) is 11.2. The molecule has 29 heavy (non-hydrogen) atoms. The number of rotatable bonds is 6. The Kier molecular flexibility index (Phi) is 6.09. The standard InChI is InChI=1S/C18H13F2N3O4S2/c19-11-6-7-13(20)14(8-11)22-16(24)10-28-18-21-9-15(17(25)23-18)29(26,27)12-4-2-1-3-5-12/h1-9H,10H2,(H,22,24)(H,21,23,25). The molecule has 1 amide bonds. The molecule has 7 nitrogen and oxygen atoms in total. The maximum Gasteiger partial charge on any atom is 0.270 e. The Morgan fingerprint density at radius 2 is 1.86 bits per heavy atom. The van der Waals surface area contributed by atoms with E-state index >= 15 is 0 Å². The molecule has 150 valence electrons. The van der Waals surface area contributed by atoms with Crippen LogP contribution in [0.25, 0.3) is 0 Å². The number of sulfone groups is 1. The maximum atomic E-state index is 13.5. The highest BCUT2D eigenvalue weighted by Crippen LogP contribution is 2.19. The summed E-state index contributed by atoms with van der Waals surface area (Å²) < 4.78 is 51.7. The number of nitrogens with zero attached hydrogens (tertiary/aromatic N) is 1. The zero-order chi connectivity index (χ0) is 21.0. The fourth-order valence-corrected chi connectivity index (χ4v) is 4.16. The van der Waals surface area contributed by atoms with Crippen LogP contribution in [0.4, 0.5) is 14.5 Å². The van der Waals surface area contributed by atoms with Gasteiger partial charge in [0, 0.05) is 6.07 Å². The average Bonchev–Trinajstić information content (AvgIpc) is 2.70. The van der Waals surface area contributed by atoms with E-state index in [0.29, 0.717) is 0 Å². The summed E-state index contributed by atoms with van der Waals surface area (Å²) in [6, 6.07) is 10.0. The van der Waals surface area contributed by atoms with Crippen LogP contribution in [0.2, 0.25) is 0 Å². The van der Waals surface area contributed by atoms with Crippen LogP contribution in [0.5, 0.6) is 0 Å². The Balaban J connectivity index is 1.70. The minimum atomic E-state index is -4.04. The fourth-order valence-electron chi connectivity index (χ4n) is 2.27. The van der Waals surface area contributed by atoms with Gasteiger partial charge in [-0.25, -0.2) is 22.2 Å². The molecule has 0 radical (unpaired) electrons. The molecular weight excluding hydrogens is 424 g/mol. The monoisotopic (exact) mass is 437 g/mol. The first-order valence-electron chi connectivity index (χ1n) is 8.04. The molecule has 0 saturated heterocycles. The lowest BCUT2D eigenvalue weighted by atomic mass is 10.3. The van der Waals surface area contributed by atoms with Crippen LogP contribution in [0, 0.1) is 11.6 Å². The van der Waals surface area contributed by atoms with Crippen LogP contribution in [-0.4, -0.2) is 30.0 Å². The topological polar surface area (TPSA) is 109 Å². The lowest BCUT2D eigenvalue weighted by Gasteiger charge is -2.07. The maximum absolute atomic E-state index is 13.5. The number of aromatic amines is 1. The van der Waals surface area contributed by atoms with E-state index in [0.717, 1.165) is 36.2 Å². The van der Waals surface area contributed by atoms with Crippen molar-refractivity contribution in [1.29, 1.82) is 0 Å². The minimum absolute atomic E-state index is 0.00289. The van der Waals surface area contributed by atoms with Gasteiger partial charge in [0.05, 0.1) is 22.5 Å². The van der Waals surface area contributed by atoms with Gasteiger partial charge in [-0.15, -0.1) is 0 Å². The van der Waals surface area contributed by atoms with Crippen molar-refractivity contribution in [2.24, 2.45) is 0 Å². The van der Waals surface area contributed by atoms with Crippen molar-refractivity contribution in [2.45, 2.75) is 14.9 Å². The molecule has 11 heteroatoms. The van der Waals surface area contributed by atoms with Gasteiger partial charge in [0.2, 0.25) is 15.7 Å². The predicted octanol–water partition coefficient (Wildman–Crippen LogP) is 2.61. The van der Waals surface area contributed by atoms with E-state index in [1.54, 1.807) is 6.07 Å². The number of H-pyrrole nitrogens is 1. The Morgan fingerprint density at radius 3 is 2.55 bits per heavy atom. The molecule has 1 heterocycles. The van der Waals surface area contributed by atoms with Crippen LogP contribution in [0.3, 0.4) is 0 Å². The molecule has 0 spiro atoms. The van der Waals surface area contributed by atoms with Gasteiger partial charge in [0.1, 0.15) is 11.6 Å². The SMILES string of the molecule is O=C(CSc1ncc(S(=O)(=O)c2ccccc2)c(=O)[nH]1)Nc1cc(F)ccc1F. The number of halogens is 2. The zero-order valence-electron chi connectivity index (χ0n) is 14.6. The third-order valence-corrected chi connectivity index (χ3v) is 6.28. The Morgan fingerprint density at radius 1 is 1.14 bits per heavy atom. The zero-order valence-corrected chi connectivity index (χ0v) is 16.2. The van der Waals surface area contributed by atoms with Crippen LogP contribution < -0.4 is 10.9 Å². The van der Waals surface area contributed by atoms with Crippen LogP contribution in [0.15, 0.2) is 74.5 Å². The number of hydrogen-bond donors (Lipinski definition) is 2. The molecule has 0 saturated carbocycles. The molecule has 0 atom stereocenters. The molecule has 0 bridgehead atoms. The number of thioether (sulfide) groups is 1. The van der Waals surface area contributed by atoms with Gasteiger partial charge in [-0.05, 0) is 24.3 Å². The molecule has 0 aliphatic carbocycles. The molecule has 2 N–H and O–H groups in total. The molecule has 0 fully saturated rings. The number of carbonyl (C=O) groups excluding carboxylic acids is 1. The van der Waals surface area contributed by atoms with E-state index in [4.69, 9.17) is 0 Å². The summed E-state index contributed by atoms with van der Waals surface area (Å²) in [5, 5.41) is 2.20. The van der Waals surface area contributed by atoms with E-state index < -0.39 is 37.8 Å². The second-order valence-corrected chi connectivity index (χ2v) is 8.54. The molecule has 0 aliphatic heterocycles. The van der Waals surface area contributed by atoms with Crippen molar-refractivity contribution in [1.82, 2.24) is 9.97 Å². The second-order valence-electron chi connectivity index (χ2n) is 5.66. The summed E-state index contributed by atoms with van der Waals surface area (Å²) >= 11 is 0.797. The third kappa shape index (κ3) is 4.87. The van der Waals surface area contributed by atoms with Gasteiger partial charge in [-0.1, -0.05) is 30.0 Å². The van der Waals surface area contributed by atoms with E-state index in [-0.39, 0.29) is 21.5 Å². The molecule has 2 aromatic carbocycles. The molecule has 0 unspecified atom stereocenters. The first-order valence-corrected chi connectivity index (χ1v) is 10.5. The van der Waals surface area contributed by atoms with Gasteiger partial charge in [0.15, 0.2) is 10.1 Å². The number of aromatic nitrogens is 2. The van der Waals surface area contributed by atoms with Gasteiger partial charge in [0.25, 0.3) is 5.56 Å². The molecule has 1 aromatic heterocycles. The number of anilines is 1. The molecule has 3 rings (SSSR count). The van der Waals surface area contributed by atoms with E-state index in [2.05, 4.69) is 15.3 Å². The van der Waals surface area contributed by atoms with Crippen molar-refractivity contribution in [3.63, 3.8) is 0 Å². The Bertz CT molecular complexity index is 1220. The molecular formula is C18H13F2N3O4S2. The third-order valence-electron chi connectivity index (χ3n) is 3.63. The summed E-state index contributed by atoms with van der Waals surface area (Å²) in [6.07, 6.45) is 0.910. The smallest absolute Gasteiger partial charge is 0.270 e. The Hall–Kier alpha value is -3.05. The first-order chi connectivity index (χ1) is 13.8. The highest BCUT2D eigenvalue weighted by molar-refractivity contribution is 7.99. The second kappa shape index (κ2) is 8.53.